The van der Waals surface area contributed by atoms with Gasteiger partial charge in [0, 0.05) is 57.6 Å². The highest BCUT2D eigenvalue weighted by Crippen LogP contribution is 2.41. The Hall–Kier alpha value is -4.01. The fourth-order valence-electron chi connectivity index (χ4n) is 6.78. The van der Waals surface area contributed by atoms with E-state index in [9.17, 15) is 14.4 Å². The minimum Gasteiger partial charge on any atom is -0.337 e. The molecule has 1 aromatic carbocycles. The quantitative estimate of drug-likeness (QED) is 0.359. The zero-order valence-corrected chi connectivity index (χ0v) is 23.2. The standard InChI is InChI=1S/C30H34N8O3/c1-35-25-14-20(4-5-23(25)38(29(35)41)24-6-7-26(39)34-27(24)40)2-3-22-15-32-28(33-16-22)36-18-30(19-36)10-13-37(30)17-21-8-11-31-12-9-21/h4-5,14-16,21,24,31H,6-13,17-19H2,1H3,(H,34,39,40). The van der Waals surface area contributed by atoms with Crippen LogP contribution in [-0.4, -0.2) is 80.6 Å². The smallest absolute Gasteiger partial charge is 0.329 e. The number of benzene rings is 1. The predicted octanol–water partition coefficient (Wildman–Crippen LogP) is 0.772. The van der Waals surface area contributed by atoms with E-state index >= 15 is 0 Å². The van der Waals surface area contributed by atoms with Gasteiger partial charge in [-0.3, -0.25) is 28.9 Å². The number of fused-ring (bicyclic) bond motifs is 1. The number of aromatic nitrogens is 4. The highest BCUT2D eigenvalue weighted by atomic mass is 16.2. The summed E-state index contributed by atoms with van der Waals surface area (Å²) in [6.45, 7) is 6.68. The molecule has 1 spiro atoms. The number of nitrogens with zero attached hydrogens (tertiary/aromatic N) is 6. The number of imide groups is 1. The van der Waals surface area contributed by atoms with Gasteiger partial charge in [0.2, 0.25) is 17.8 Å². The molecular formula is C30H34N8O3. The van der Waals surface area contributed by atoms with Gasteiger partial charge in [-0.05, 0) is 62.9 Å². The minimum atomic E-state index is -0.709. The second-order valence-electron chi connectivity index (χ2n) is 11.9. The zero-order chi connectivity index (χ0) is 28.1. The molecule has 41 heavy (non-hydrogen) atoms. The third kappa shape index (κ3) is 4.61. The lowest BCUT2D eigenvalue weighted by Crippen LogP contribution is -2.77. The van der Waals surface area contributed by atoms with Crippen molar-refractivity contribution < 1.29 is 9.59 Å². The normalized spacial score (nSPS) is 22.7. The summed E-state index contributed by atoms with van der Waals surface area (Å²) in [7, 11) is 1.67. The molecule has 11 heteroatoms. The van der Waals surface area contributed by atoms with Crippen LogP contribution in [0.4, 0.5) is 5.95 Å². The van der Waals surface area contributed by atoms with Crippen LogP contribution in [0, 0.1) is 17.8 Å². The molecule has 2 aromatic heterocycles. The first kappa shape index (κ1) is 25.9. The van der Waals surface area contributed by atoms with Crippen molar-refractivity contribution in [3.63, 3.8) is 0 Å². The van der Waals surface area contributed by atoms with Crippen molar-refractivity contribution in [3.8, 4) is 11.8 Å². The number of aryl methyl sites for hydroxylation is 1. The number of piperidine rings is 2. The molecule has 4 aliphatic heterocycles. The topological polar surface area (TPSA) is 117 Å². The van der Waals surface area contributed by atoms with Gasteiger partial charge >= 0.3 is 5.69 Å². The fraction of sp³-hybridized carbons (Fsp3) is 0.500. The maximum absolute atomic E-state index is 13.0. The number of nitrogens with one attached hydrogen (secondary N) is 2. The summed E-state index contributed by atoms with van der Waals surface area (Å²) in [6, 6.07) is 4.77. The van der Waals surface area contributed by atoms with E-state index in [1.165, 1.54) is 41.5 Å². The molecule has 4 saturated heterocycles. The van der Waals surface area contributed by atoms with Crippen LogP contribution in [0.15, 0.2) is 35.4 Å². The highest BCUT2D eigenvalue weighted by Gasteiger charge is 2.54. The summed E-state index contributed by atoms with van der Waals surface area (Å²) >= 11 is 0. The second-order valence-corrected chi connectivity index (χ2v) is 11.9. The molecule has 7 rings (SSSR count). The maximum Gasteiger partial charge on any atom is 0.329 e. The summed E-state index contributed by atoms with van der Waals surface area (Å²) in [6.07, 6.45) is 7.86. The van der Waals surface area contributed by atoms with Crippen LogP contribution in [-0.2, 0) is 16.6 Å². The molecule has 4 fully saturated rings. The van der Waals surface area contributed by atoms with E-state index in [-0.39, 0.29) is 18.0 Å². The molecule has 2 N–H and O–H groups in total. The lowest BCUT2D eigenvalue weighted by molar-refractivity contribution is -0.135. The number of carbonyl (C=O) groups excluding carboxylic acids is 2. The lowest BCUT2D eigenvalue weighted by atomic mass is 9.76. The Labute approximate surface area is 237 Å². The fourth-order valence-corrected chi connectivity index (χ4v) is 6.78. The van der Waals surface area contributed by atoms with Crippen molar-refractivity contribution in [2.45, 2.75) is 43.7 Å². The number of imidazole rings is 1. The van der Waals surface area contributed by atoms with Gasteiger partial charge in [0.1, 0.15) is 6.04 Å². The first-order chi connectivity index (χ1) is 19.9. The number of likely N-dealkylation sites (tertiary alicyclic amines) is 1. The summed E-state index contributed by atoms with van der Waals surface area (Å²) in [5.41, 5.74) is 2.78. The average Bonchev–Trinajstić information content (AvgIpc) is 3.19. The van der Waals surface area contributed by atoms with Crippen LogP contribution < -0.4 is 21.2 Å². The van der Waals surface area contributed by atoms with Gasteiger partial charge in [0.25, 0.3) is 0 Å². The first-order valence-corrected chi connectivity index (χ1v) is 14.5. The van der Waals surface area contributed by atoms with Gasteiger partial charge in [0.05, 0.1) is 22.1 Å². The van der Waals surface area contributed by atoms with E-state index in [1.54, 1.807) is 25.5 Å². The van der Waals surface area contributed by atoms with E-state index in [1.807, 2.05) is 12.1 Å². The molecule has 4 aliphatic rings. The molecule has 1 atom stereocenters. The monoisotopic (exact) mass is 554 g/mol. The van der Waals surface area contributed by atoms with E-state index in [2.05, 4.69) is 42.2 Å². The zero-order valence-electron chi connectivity index (χ0n) is 23.2. The van der Waals surface area contributed by atoms with Crippen molar-refractivity contribution in [1.29, 1.82) is 0 Å². The molecule has 11 nitrogen and oxygen atoms in total. The summed E-state index contributed by atoms with van der Waals surface area (Å²) in [5.74, 6) is 7.09. The van der Waals surface area contributed by atoms with Crippen LogP contribution in [0.3, 0.4) is 0 Å². The summed E-state index contributed by atoms with van der Waals surface area (Å²) in [4.78, 5) is 51.1. The molecule has 1 unspecified atom stereocenters. The number of amides is 2. The molecule has 212 valence electrons. The maximum atomic E-state index is 13.0. The van der Waals surface area contributed by atoms with Crippen LogP contribution in [0.2, 0.25) is 0 Å². The van der Waals surface area contributed by atoms with Crippen molar-refractivity contribution in [1.82, 2.24) is 34.6 Å². The third-order valence-electron chi connectivity index (χ3n) is 9.31. The molecule has 0 bridgehead atoms. The molecular weight excluding hydrogens is 520 g/mol. The minimum absolute atomic E-state index is 0.208. The van der Waals surface area contributed by atoms with Gasteiger partial charge in [0.15, 0.2) is 0 Å². The number of hydrogen-bond donors (Lipinski definition) is 2. The van der Waals surface area contributed by atoms with Crippen molar-refractivity contribution in [2.75, 3.05) is 44.2 Å². The van der Waals surface area contributed by atoms with E-state index in [0.717, 1.165) is 49.2 Å². The van der Waals surface area contributed by atoms with Gasteiger partial charge in [-0.2, -0.15) is 0 Å². The number of anilines is 1. The van der Waals surface area contributed by atoms with Gasteiger partial charge < -0.3 is 10.2 Å². The number of hydrogen-bond acceptors (Lipinski definition) is 8. The van der Waals surface area contributed by atoms with E-state index < -0.39 is 11.9 Å². The molecule has 0 aliphatic carbocycles. The van der Waals surface area contributed by atoms with Gasteiger partial charge in [-0.1, -0.05) is 11.8 Å². The van der Waals surface area contributed by atoms with Crippen molar-refractivity contribution >= 4 is 28.8 Å². The summed E-state index contributed by atoms with van der Waals surface area (Å²) < 4.78 is 2.98. The second kappa shape index (κ2) is 10.1. The largest absolute Gasteiger partial charge is 0.337 e. The third-order valence-corrected chi connectivity index (χ3v) is 9.31. The Kier molecular flexibility index (Phi) is 6.40. The van der Waals surface area contributed by atoms with Crippen LogP contribution in [0.5, 0.6) is 0 Å². The average molecular weight is 555 g/mol. The molecule has 3 aromatic rings. The van der Waals surface area contributed by atoms with Crippen molar-refractivity contribution in [2.24, 2.45) is 13.0 Å². The predicted molar refractivity (Wildman–Crippen MR) is 153 cm³/mol. The molecule has 6 heterocycles. The Bertz CT molecular complexity index is 1630. The number of carbonyl (C=O) groups is 2. The molecule has 0 saturated carbocycles. The first-order valence-electron chi connectivity index (χ1n) is 14.5. The molecule has 2 amide bonds. The lowest BCUT2D eigenvalue weighted by Gasteiger charge is -2.63. The van der Waals surface area contributed by atoms with Gasteiger partial charge in [-0.15, -0.1) is 0 Å². The Balaban J connectivity index is 1.02. The van der Waals surface area contributed by atoms with Crippen LogP contribution in [0.25, 0.3) is 11.0 Å². The van der Waals surface area contributed by atoms with E-state index in [4.69, 9.17) is 0 Å². The number of rotatable bonds is 4. The Morgan fingerprint density at radius 2 is 1.76 bits per heavy atom. The Morgan fingerprint density at radius 3 is 2.46 bits per heavy atom. The SMILES string of the molecule is Cn1c(=O)n(C2CCC(=O)NC2=O)c2ccc(C#Cc3cnc(N4CC5(CCN5CC5CCNCC5)C4)nc3)cc21. The van der Waals surface area contributed by atoms with E-state index in [0.29, 0.717) is 23.0 Å². The van der Waals surface area contributed by atoms with Crippen LogP contribution >= 0.6 is 0 Å². The van der Waals surface area contributed by atoms with Crippen molar-refractivity contribution in [3.05, 3.63) is 52.2 Å². The Morgan fingerprint density at radius 1 is 1.00 bits per heavy atom. The highest BCUT2D eigenvalue weighted by molar-refractivity contribution is 6.00. The van der Waals surface area contributed by atoms with Gasteiger partial charge in [-0.25, -0.2) is 14.8 Å². The van der Waals surface area contributed by atoms with Crippen LogP contribution in [0.1, 0.15) is 49.3 Å². The summed E-state index contributed by atoms with van der Waals surface area (Å²) in [5, 5.41) is 5.80. The molecule has 0 radical (unpaired) electrons.